The van der Waals surface area contributed by atoms with Crippen LogP contribution in [0, 0.1) is 10.1 Å². The van der Waals surface area contributed by atoms with Crippen molar-refractivity contribution in [3.05, 3.63) is 69.8 Å². The minimum Gasteiger partial charge on any atom is -0.383 e. The number of nitro benzene ring substituents is 1. The molecule has 0 saturated carbocycles. The standard InChI is InChI=1S/C16H14F3N3O3/c17-16(18,19)12-3-1-11(2-4-12)15(23)21-10-9-20-13-5-7-14(8-6-13)22(24)25/h1-8,20H,9-10H2,(H,21,23). The number of anilines is 1. The normalized spacial score (nSPS) is 11.0. The molecular formula is C16H14F3N3O3. The van der Waals surface area contributed by atoms with Crippen molar-refractivity contribution in [2.45, 2.75) is 6.18 Å². The summed E-state index contributed by atoms with van der Waals surface area (Å²) >= 11 is 0. The van der Waals surface area contributed by atoms with Crippen LogP contribution in [0.1, 0.15) is 15.9 Å². The lowest BCUT2D eigenvalue weighted by molar-refractivity contribution is -0.384. The van der Waals surface area contributed by atoms with Gasteiger partial charge in [0.05, 0.1) is 10.5 Å². The molecule has 0 aliphatic carbocycles. The molecule has 0 spiro atoms. The third-order valence-electron chi connectivity index (χ3n) is 3.29. The fourth-order valence-electron chi connectivity index (χ4n) is 2.00. The molecule has 2 rings (SSSR count). The number of non-ortho nitro benzene ring substituents is 1. The van der Waals surface area contributed by atoms with Crippen LogP contribution in [-0.2, 0) is 6.18 Å². The summed E-state index contributed by atoms with van der Waals surface area (Å²) in [5.41, 5.74) is -0.0669. The summed E-state index contributed by atoms with van der Waals surface area (Å²) < 4.78 is 37.4. The Labute approximate surface area is 140 Å². The van der Waals surface area contributed by atoms with E-state index in [2.05, 4.69) is 10.6 Å². The van der Waals surface area contributed by atoms with E-state index in [4.69, 9.17) is 0 Å². The van der Waals surface area contributed by atoms with E-state index in [1.54, 1.807) is 0 Å². The van der Waals surface area contributed by atoms with Crippen molar-refractivity contribution < 1.29 is 22.9 Å². The smallest absolute Gasteiger partial charge is 0.383 e. The fourth-order valence-corrected chi connectivity index (χ4v) is 2.00. The molecule has 0 unspecified atom stereocenters. The van der Waals surface area contributed by atoms with Gasteiger partial charge >= 0.3 is 6.18 Å². The maximum atomic E-state index is 12.5. The summed E-state index contributed by atoms with van der Waals surface area (Å²) in [5.74, 6) is -0.487. The number of nitrogens with zero attached hydrogens (tertiary/aromatic N) is 1. The number of hydrogen-bond donors (Lipinski definition) is 2. The zero-order valence-electron chi connectivity index (χ0n) is 12.8. The van der Waals surface area contributed by atoms with Gasteiger partial charge in [-0.05, 0) is 36.4 Å². The van der Waals surface area contributed by atoms with Gasteiger partial charge < -0.3 is 10.6 Å². The largest absolute Gasteiger partial charge is 0.416 e. The Bertz CT molecular complexity index is 744. The number of benzene rings is 2. The van der Waals surface area contributed by atoms with Crippen LogP contribution in [0.3, 0.4) is 0 Å². The molecule has 25 heavy (non-hydrogen) atoms. The minimum absolute atomic E-state index is 0.0267. The molecule has 0 aliphatic heterocycles. The molecule has 9 heteroatoms. The van der Waals surface area contributed by atoms with E-state index in [-0.39, 0.29) is 17.8 Å². The van der Waals surface area contributed by atoms with Crippen LogP contribution in [0.15, 0.2) is 48.5 Å². The summed E-state index contributed by atoms with van der Waals surface area (Å²) in [6, 6.07) is 9.70. The first-order valence-electron chi connectivity index (χ1n) is 7.21. The van der Waals surface area contributed by atoms with Gasteiger partial charge in [-0.15, -0.1) is 0 Å². The first kappa shape index (κ1) is 18.2. The number of alkyl halides is 3. The predicted molar refractivity (Wildman–Crippen MR) is 85.4 cm³/mol. The van der Waals surface area contributed by atoms with Gasteiger partial charge in [0, 0.05) is 36.5 Å². The van der Waals surface area contributed by atoms with Crippen LogP contribution in [0.4, 0.5) is 24.5 Å². The van der Waals surface area contributed by atoms with Crippen LogP contribution in [0.25, 0.3) is 0 Å². The van der Waals surface area contributed by atoms with E-state index in [0.29, 0.717) is 12.2 Å². The molecule has 0 bridgehead atoms. The minimum atomic E-state index is -4.44. The van der Waals surface area contributed by atoms with Crippen LogP contribution in [0.5, 0.6) is 0 Å². The fraction of sp³-hybridized carbons (Fsp3) is 0.188. The molecule has 0 aliphatic rings. The number of nitro groups is 1. The number of hydrogen-bond acceptors (Lipinski definition) is 4. The van der Waals surface area contributed by atoms with Crippen molar-refractivity contribution in [1.29, 1.82) is 0 Å². The van der Waals surface area contributed by atoms with Crippen molar-refractivity contribution in [1.82, 2.24) is 5.32 Å². The summed E-state index contributed by atoms with van der Waals surface area (Å²) in [7, 11) is 0. The highest BCUT2D eigenvalue weighted by molar-refractivity contribution is 5.94. The van der Waals surface area contributed by atoms with E-state index in [1.165, 1.54) is 24.3 Å². The molecule has 132 valence electrons. The molecule has 2 aromatic carbocycles. The molecule has 2 aromatic rings. The topological polar surface area (TPSA) is 84.3 Å². The number of carbonyl (C=O) groups excluding carboxylic acids is 1. The van der Waals surface area contributed by atoms with E-state index >= 15 is 0 Å². The Hall–Kier alpha value is -3.10. The maximum absolute atomic E-state index is 12.5. The first-order valence-corrected chi connectivity index (χ1v) is 7.21. The van der Waals surface area contributed by atoms with E-state index in [9.17, 15) is 28.1 Å². The molecular weight excluding hydrogens is 339 g/mol. The molecule has 1 amide bonds. The number of amides is 1. The van der Waals surface area contributed by atoms with E-state index in [0.717, 1.165) is 24.3 Å². The molecule has 0 heterocycles. The van der Waals surface area contributed by atoms with Gasteiger partial charge in [-0.1, -0.05) is 0 Å². The van der Waals surface area contributed by atoms with Gasteiger partial charge in [0.2, 0.25) is 0 Å². The molecule has 0 aromatic heterocycles. The first-order chi connectivity index (χ1) is 11.8. The van der Waals surface area contributed by atoms with Gasteiger partial charge in [-0.25, -0.2) is 0 Å². The molecule has 0 radical (unpaired) electrons. The van der Waals surface area contributed by atoms with Gasteiger partial charge in [-0.2, -0.15) is 13.2 Å². The maximum Gasteiger partial charge on any atom is 0.416 e. The third-order valence-corrected chi connectivity index (χ3v) is 3.29. The van der Waals surface area contributed by atoms with Crippen molar-refractivity contribution in [2.75, 3.05) is 18.4 Å². The molecule has 2 N–H and O–H groups in total. The summed E-state index contributed by atoms with van der Waals surface area (Å²) in [5, 5.41) is 16.1. The van der Waals surface area contributed by atoms with Gasteiger partial charge in [0.25, 0.3) is 11.6 Å². The second kappa shape index (κ2) is 7.65. The molecule has 0 fully saturated rings. The Kier molecular flexibility index (Phi) is 5.58. The molecule has 6 nitrogen and oxygen atoms in total. The van der Waals surface area contributed by atoms with Crippen molar-refractivity contribution >= 4 is 17.3 Å². The average Bonchev–Trinajstić information content (AvgIpc) is 2.58. The second-order valence-corrected chi connectivity index (χ2v) is 5.06. The number of rotatable bonds is 6. The molecule has 0 saturated heterocycles. The lowest BCUT2D eigenvalue weighted by Gasteiger charge is -2.09. The van der Waals surface area contributed by atoms with Crippen LogP contribution >= 0.6 is 0 Å². The van der Waals surface area contributed by atoms with Crippen LogP contribution in [-0.4, -0.2) is 23.9 Å². The lowest BCUT2D eigenvalue weighted by atomic mass is 10.1. The van der Waals surface area contributed by atoms with Crippen molar-refractivity contribution in [3.63, 3.8) is 0 Å². The monoisotopic (exact) mass is 353 g/mol. The summed E-state index contributed by atoms with van der Waals surface area (Å²) in [4.78, 5) is 21.9. The Morgan fingerprint density at radius 3 is 2.12 bits per heavy atom. The highest BCUT2D eigenvalue weighted by atomic mass is 19.4. The van der Waals surface area contributed by atoms with Crippen LogP contribution < -0.4 is 10.6 Å². The number of carbonyl (C=O) groups is 1. The Morgan fingerprint density at radius 1 is 1.00 bits per heavy atom. The van der Waals surface area contributed by atoms with Crippen molar-refractivity contribution in [2.24, 2.45) is 0 Å². The van der Waals surface area contributed by atoms with E-state index < -0.39 is 22.6 Å². The zero-order valence-corrected chi connectivity index (χ0v) is 12.8. The highest BCUT2D eigenvalue weighted by Crippen LogP contribution is 2.29. The average molecular weight is 353 g/mol. The third kappa shape index (κ3) is 5.20. The van der Waals surface area contributed by atoms with Gasteiger partial charge in [0.1, 0.15) is 0 Å². The summed E-state index contributed by atoms with van der Waals surface area (Å²) in [6.07, 6.45) is -4.44. The quantitative estimate of drug-likeness (QED) is 0.473. The van der Waals surface area contributed by atoms with Gasteiger partial charge in [-0.3, -0.25) is 14.9 Å². The van der Waals surface area contributed by atoms with Crippen LogP contribution in [0.2, 0.25) is 0 Å². The van der Waals surface area contributed by atoms with Crippen molar-refractivity contribution in [3.8, 4) is 0 Å². The van der Waals surface area contributed by atoms with Gasteiger partial charge in [0.15, 0.2) is 0 Å². The number of halogens is 3. The second-order valence-electron chi connectivity index (χ2n) is 5.06. The summed E-state index contributed by atoms with van der Waals surface area (Å²) in [6.45, 7) is 0.584. The van der Waals surface area contributed by atoms with E-state index in [1.807, 2.05) is 0 Å². The number of nitrogens with one attached hydrogen (secondary N) is 2. The highest BCUT2D eigenvalue weighted by Gasteiger charge is 2.30. The predicted octanol–water partition coefficient (Wildman–Crippen LogP) is 3.46. The Balaban J connectivity index is 1.79. The Morgan fingerprint density at radius 2 is 1.60 bits per heavy atom. The SMILES string of the molecule is O=C(NCCNc1ccc([N+](=O)[O-])cc1)c1ccc(C(F)(F)F)cc1. The zero-order chi connectivity index (χ0) is 18.4. The molecule has 0 atom stereocenters. The lowest BCUT2D eigenvalue weighted by Crippen LogP contribution is -2.28.